The van der Waals surface area contributed by atoms with E-state index in [-0.39, 0.29) is 5.48 Å². The van der Waals surface area contributed by atoms with Gasteiger partial charge in [-0.1, -0.05) is 0 Å². The maximum atomic E-state index is 9.77. The van der Waals surface area contributed by atoms with Crippen molar-refractivity contribution in [1.29, 1.82) is 0 Å². The lowest BCUT2D eigenvalue weighted by Gasteiger charge is -2.07. The highest BCUT2D eigenvalue weighted by atomic mass is 16.4. The number of carboxylic acid groups (broad SMARTS) is 2. The van der Waals surface area contributed by atoms with Crippen molar-refractivity contribution in [2.45, 2.75) is 12.2 Å². The Labute approximate surface area is 60.8 Å². The first-order valence-electron chi connectivity index (χ1n) is 2.28. The van der Waals surface area contributed by atoms with E-state index in [1.165, 1.54) is 0 Å². The van der Waals surface area contributed by atoms with Gasteiger partial charge in [0.15, 0.2) is 12.2 Å². The Morgan fingerprint density at radius 3 is 1.18 bits per heavy atom. The molecule has 66 valence electrons. The molecule has 0 aromatic rings. The fourth-order valence-electron chi connectivity index (χ4n) is 0.270. The van der Waals surface area contributed by atoms with Crippen molar-refractivity contribution < 1.29 is 35.5 Å². The van der Waals surface area contributed by atoms with Crippen LogP contribution in [0.2, 0.25) is 0 Å². The predicted octanol–water partition coefficient (Wildman–Crippen LogP) is -2.95. The van der Waals surface area contributed by atoms with Gasteiger partial charge in [-0.25, -0.2) is 9.59 Å². The minimum atomic E-state index is -2.27. The molecule has 2 unspecified atom stereocenters. The molecule has 0 rings (SSSR count). The van der Waals surface area contributed by atoms with Crippen molar-refractivity contribution in [3.05, 3.63) is 0 Å². The first kappa shape index (κ1) is 12.5. The van der Waals surface area contributed by atoms with E-state index in [0.29, 0.717) is 0 Å². The molecule has 2 atom stereocenters. The van der Waals surface area contributed by atoms with Gasteiger partial charge in [-0.3, -0.25) is 0 Å². The Morgan fingerprint density at radius 2 is 1.09 bits per heavy atom. The van der Waals surface area contributed by atoms with Gasteiger partial charge in [0.1, 0.15) is 0 Å². The van der Waals surface area contributed by atoms with Crippen molar-refractivity contribution in [2.75, 3.05) is 0 Å². The van der Waals surface area contributed by atoms with Crippen LogP contribution in [0.1, 0.15) is 0 Å². The highest BCUT2D eigenvalue weighted by Gasteiger charge is 2.29. The molecule has 0 spiro atoms. The molecule has 7 heteroatoms. The second-order valence-corrected chi connectivity index (χ2v) is 1.57. The molecule has 0 saturated carbocycles. The third-order valence-corrected chi connectivity index (χ3v) is 0.805. The van der Waals surface area contributed by atoms with E-state index in [4.69, 9.17) is 20.4 Å². The van der Waals surface area contributed by atoms with Crippen LogP contribution in [0, 0.1) is 0 Å². The molecule has 0 bridgehead atoms. The molecule has 6 N–H and O–H groups in total. The Kier molecular flexibility index (Phi) is 5.23. The van der Waals surface area contributed by atoms with E-state index in [9.17, 15) is 9.59 Å². The van der Waals surface area contributed by atoms with Crippen LogP contribution in [-0.4, -0.2) is 50.0 Å². The van der Waals surface area contributed by atoms with Crippen LogP contribution in [0.5, 0.6) is 0 Å². The SMILES string of the molecule is O.O=C(O)C(O)C(O)C(=O)O. The first-order chi connectivity index (χ1) is 4.46. The van der Waals surface area contributed by atoms with Crippen LogP contribution in [0.3, 0.4) is 0 Å². The lowest BCUT2D eigenvalue weighted by molar-refractivity contribution is -0.165. The van der Waals surface area contributed by atoms with Gasteiger partial charge in [0.2, 0.25) is 0 Å². The average molecular weight is 168 g/mol. The summed E-state index contributed by atoms with van der Waals surface area (Å²) >= 11 is 0. The number of carbonyl (C=O) groups is 2. The Balaban J connectivity index is 0. The summed E-state index contributed by atoms with van der Waals surface area (Å²) in [6.07, 6.45) is -4.53. The van der Waals surface area contributed by atoms with Gasteiger partial charge in [-0.15, -0.1) is 0 Å². The lowest BCUT2D eigenvalue weighted by atomic mass is 10.2. The molecule has 0 aliphatic heterocycles. The molecular weight excluding hydrogens is 160 g/mol. The third kappa shape index (κ3) is 3.50. The molecule has 0 aromatic heterocycles. The summed E-state index contributed by atoms with van der Waals surface area (Å²) < 4.78 is 0. The van der Waals surface area contributed by atoms with Crippen LogP contribution in [0.25, 0.3) is 0 Å². The quantitative estimate of drug-likeness (QED) is 0.354. The molecule has 0 aromatic carbocycles. The Hall–Kier alpha value is -1.18. The van der Waals surface area contributed by atoms with E-state index in [1.807, 2.05) is 0 Å². The van der Waals surface area contributed by atoms with Gasteiger partial charge in [0.05, 0.1) is 0 Å². The lowest BCUT2D eigenvalue weighted by Crippen LogP contribution is -2.39. The van der Waals surface area contributed by atoms with E-state index < -0.39 is 24.1 Å². The molecule has 0 aliphatic carbocycles. The number of rotatable bonds is 3. The zero-order valence-corrected chi connectivity index (χ0v) is 5.26. The molecule has 0 saturated heterocycles. The maximum absolute atomic E-state index is 9.77. The highest BCUT2D eigenvalue weighted by Crippen LogP contribution is 1.92. The van der Waals surface area contributed by atoms with Gasteiger partial charge in [0, 0.05) is 0 Å². The number of aliphatic carboxylic acids is 2. The summed E-state index contributed by atoms with van der Waals surface area (Å²) in [6.45, 7) is 0. The van der Waals surface area contributed by atoms with E-state index >= 15 is 0 Å². The molecule has 0 aliphatic rings. The van der Waals surface area contributed by atoms with E-state index in [0.717, 1.165) is 0 Å². The summed E-state index contributed by atoms with van der Waals surface area (Å²) in [5.74, 6) is -3.54. The second-order valence-electron chi connectivity index (χ2n) is 1.57. The van der Waals surface area contributed by atoms with Crippen LogP contribution >= 0.6 is 0 Å². The fraction of sp³-hybridized carbons (Fsp3) is 0.500. The molecule has 0 fully saturated rings. The monoisotopic (exact) mass is 168 g/mol. The van der Waals surface area contributed by atoms with Gasteiger partial charge >= 0.3 is 11.9 Å². The minimum Gasteiger partial charge on any atom is -0.479 e. The van der Waals surface area contributed by atoms with Crippen LogP contribution in [0.15, 0.2) is 0 Å². The van der Waals surface area contributed by atoms with Crippen molar-refractivity contribution >= 4 is 11.9 Å². The smallest absolute Gasteiger partial charge is 0.335 e. The van der Waals surface area contributed by atoms with E-state index in [1.54, 1.807) is 0 Å². The molecule has 0 heterocycles. The summed E-state index contributed by atoms with van der Waals surface area (Å²) in [4.78, 5) is 19.5. The van der Waals surface area contributed by atoms with Gasteiger partial charge in [0.25, 0.3) is 0 Å². The summed E-state index contributed by atoms with van der Waals surface area (Å²) in [7, 11) is 0. The normalized spacial score (nSPS) is 14.4. The van der Waals surface area contributed by atoms with Gasteiger partial charge in [-0.2, -0.15) is 0 Å². The van der Waals surface area contributed by atoms with Crippen LogP contribution in [0.4, 0.5) is 0 Å². The van der Waals surface area contributed by atoms with Crippen LogP contribution in [-0.2, 0) is 9.59 Å². The van der Waals surface area contributed by atoms with Crippen molar-refractivity contribution in [2.24, 2.45) is 0 Å². The highest BCUT2D eigenvalue weighted by molar-refractivity contribution is 5.82. The Bertz CT molecular complexity index is 135. The van der Waals surface area contributed by atoms with Gasteiger partial charge in [-0.05, 0) is 0 Å². The first-order valence-corrected chi connectivity index (χ1v) is 2.28. The fourth-order valence-corrected chi connectivity index (χ4v) is 0.270. The number of aliphatic hydroxyl groups excluding tert-OH is 2. The summed E-state index contributed by atoms with van der Waals surface area (Å²) in [5.41, 5.74) is 0. The Morgan fingerprint density at radius 1 is 0.909 bits per heavy atom. The van der Waals surface area contributed by atoms with Gasteiger partial charge < -0.3 is 25.9 Å². The molecule has 0 radical (unpaired) electrons. The van der Waals surface area contributed by atoms with Crippen molar-refractivity contribution in [3.63, 3.8) is 0 Å². The van der Waals surface area contributed by atoms with Crippen LogP contribution < -0.4 is 0 Å². The number of hydrogen-bond donors (Lipinski definition) is 4. The number of carboxylic acids is 2. The molecule has 11 heavy (non-hydrogen) atoms. The second kappa shape index (κ2) is 4.61. The molecule has 7 nitrogen and oxygen atoms in total. The topological polar surface area (TPSA) is 147 Å². The average Bonchev–Trinajstić information content (AvgIpc) is 1.84. The standard InChI is InChI=1S/C4H6O6.H2O/c5-1(3(7)8)2(6)4(9)10;/h1-2,5-6H,(H,7,8)(H,9,10);1H2. The minimum absolute atomic E-state index is 0. The summed E-state index contributed by atoms with van der Waals surface area (Å²) in [6, 6.07) is 0. The van der Waals surface area contributed by atoms with Crippen molar-refractivity contribution in [3.8, 4) is 0 Å². The molecule has 0 amide bonds. The summed E-state index contributed by atoms with van der Waals surface area (Å²) in [5, 5.41) is 32.5. The molecular formula is C4H8O7. The third-order valence-electron chi connectivity index (χ3n) is 0.805. The van der Waals surface area contributed by atoms with E-state index in [2.05, 4.69) is 0 Å². The number of aliphatic hydroxyl groups is 2. The zero-order chi connectivity index (χ0) is 8.31. The number of hydrogen-bond acceptors (Lipinski definition) is 4. The van der Waals surface area contributed by atoms with Crippen molar-refractivity contribution in [1.82, 2.24) is 0 Å². The predicted molar refractivity (Wildman–Crippen MR) is 30.9 cm³/mol. The zero-order valence-electron chi connectivity index (χ0n) is 5.26. The maximum Gasteiger partial charge on any atom is 0.335 e. The largest absolute Gasteiger partial charge is 0.479 e.